The van der Waals surface area contributed by atoms with Gasteiger partial charge in [0.25, 0.3) is 10.0 Å². The molecule has 2 aromatic rings. The monoisotopic (exact) mass is 256 g/mol. The third-order valence-corrected chi connectivity index (χ3v) is 3.31. The molecule has 0 radical (unpaired) electrons. The van der Waals surface area contributed by atoms with Gasteiger partial charge in [0, 0.05) is 13.2 Å². The van der Waals surface area contributed by atoms with Gasteiger partial charge in [-0.15, -0.1) is 0 Å². The van der Waals surface area contributed by atoms with Crippen LogP contribution in [0, 0.1) is 0 Å². The van der Waals surface area contributed by atoms with Crippen molar-refractivity contribution >= 4 is 15.7 Å². The van der Waals surface area contributed by atoms with E-state index < -0.39 is 10.0 Å². The number of sulfonamides is 1. The Kier molecular flexibility index (Phi) is 2.90. The largest absolute Gasteiger partial charge is 0.446 e. The van der Waals surface area contributed by atoms with Gasteiger partial charge in [0.05, 0.1) is 18.4 Å². The molecule has 0 bridgehead atoms. The number of aromatic nitrogens is 2. The molecular formula is C9H12N4O3S. The second-order valence-corrected chi connectivity index (χ2v) is 5.05. The predicted molar refractivity (Wildman–Crippen MR) is 60.6 cm³/mol. The molecule has 7 nitrogen and oxygen atoms in total. The summed E-state index contributed by atoms with van der Waals surface area (Å²) in [6, 6.07) is 2.89. The van der Waals surface area contributed by atoms with Crippen molar-refractivity contribution in [2.24, 2.45) is 12.8 Å². The summed E-state index contributed by atoms with van der Waals surface area (Å²) >= 11 is 0. The quantitative estimate of drug-likeness (QED) is 0.817. The number of hydrogen-bond acceptors (Lipinski definition) is 5. The lowest BCUT2D eigenvalue weighted by Gasteiger charge is -2.01. The van der Waals surface area contributed by atoms with Crippen LogP contribution >= 0.6 is 0 Å². The van der Waals surface area contributed by atoms with Crippen molar-refractivity contribution in [2.75, 3.05) is 4.72 Å². The van der Waals surface area contributed by atoms with E-state index in [4.69, 9.17) is 10.2 Å². The van der Waals surface area contributed by atoms with Crippen molar-refractivity contribution in [1.82, 2.24) is 9.78 Å². The molecule has 2 aromatic heterocycles. The minimum absolute atomic E-state index is 0.155. The van der Waals surface area contributed by atoms with Crippen molar-refractivity contribution in [3.05, 3.63) is 30.3 Å². The highest BCUT2D eigenvalue weighted by atomic mass is 32.2. The fraction of sp³-hybridized carbons (Fsp3) is 0.222. The normalized spacial score (nSPS) is 11.6. The molecule has 0 fully saturated rings. The molecule has 0 saturated carbocycles. The SMILES string of the molecule is Cn1cc(NS(=O)(=O)c2ccc(CN)o2)cn1. The van der Waals surface area contributed by atoms with Gasteiger partial charge in [-0.1, -0.05) is 0 Å². The molecule has 2 heterocycles. The van der Waals surface area contributed by atoms with Crippen LogP contribution in [-0.4, -0.2) is 18.2 Å². The first-order chi connectivity index (χ1) is 8.01. The summed E-state index contributed by atoms with van der Waals surface area (Å²) in [5, 5.41) is 3.69. The first kappa shape index (κ1) is 11.7. The Bertz CT molecular complexity index is 614. The molecule has 0 spiro atoms. The average molecular weight is 256 g/mol. The number of hydrogen-bond donors (Lipinski definition) is 2. The lowest BCUT2D eigenvalue weighted by Crippen LogP contribution is -2.11. The van der Waals surface area contributed by atoms with Crippen LogP contribution in [0.4, 0.5) is 5.69 Å². The third kappa shape index (κ3) is 2.48. The molecule has 0 atom stereocenters. The fourth-order valence-electron chi connectivity index (χ4n) is 1.29. The Balaban J connectivity index is 2.24. The van der Waals surface area contributed by atoms with Crippen LogP contribution in [0.15, 0.2) is 34.0 Å². The summed E-state index contributed by atoms with van der Waals surface area (Å²) < 4.78 is 32.6. The highest BCUT2D eigenvalue weighted by Gasteiger charge is 2.19. The number of nitrogens with zero attached hydrogens (tertiary/aromatic N) is 2. The topological polar surface area (TPSA) is 103 Å². The van der Waals surface area contributed by atoms with Crippen LogP contribution < -0.4 is 10.5 Å². The summed E-state index contributed by atoms with van der Waals surface area (Å²) in [6.45, 7) is 0.155. The van der Waals surface area contributed by atoms with E-state index in [1.807, 2.05) is 0 Å². The second kappa shape index (κ2) is 4.22. The zero-order valence-corrected chi connectivity index (χ0v) is 9.94. The van der Waals surface area contributed by atoms with Crippen molar-refractivity contribution in [3.63, 3.8) is 0 Å². The summed E-state index contributed by atoms with van der Waals surface area (Å²) in [5.41, 5.74) is 5.71. The maximum atomic E-state index is 11.9. The number of nitrogens with two attached hydrogens (primary N) is 1. The molecule has 2 rings (SSSR count). The second-order valence-electron chi connectivity index (χ2n) is 3.43. The van der Waals surface area contributed by atoms with Gasteiger partial charge < -0.3 is 10.2 Å². The van der Waals surface area contributed by atoms with E-state index >= 15 is 0 Å². The van der Waals surface area contributed by atoms with Gasteiger partial charge in [-0.25, -0.2) is 0 Å². The minimum Gasteiger partial charge on any atom is -0.446 e. The molecule has 0 aliphatic heterocycles. The number of aryl methyl sites for hydroxylation is 1. The average Bonchev–Trinajstić information content (AvgIpc) is 2.86. The zero-order valence-electron chi connectivity index (χ0n) is 9.12. The fourth-order valence-corrected chi connectivity index (χ4v) is 2.27. The van der Waals surface area contributed by atoms with E-state index in [1.54, 1.807) is 13.2 Å². The first-order valence-electron chi connectivity index (χ1n) is 4.81. The van der Waals surface area contributed by atoms with Gasteiger partial charge in [0.2, 0.25) is 5.09 Å². The minimum atomic E-state index is -3.71. The van der Waals surface area contributed by atoms with E-state index in [9.17, 15) is 8.42 Å². The first-order valence-corrected chi connectivity index (χ1v) is 6.30. The third-order valence-electron chi connectivity index (χ3n) is 2.06. The molecule has 0 aromatic carbocycles. The van der Waals surface area contributed by atoms with Crippen LogP contribution in [-0.2, 0) is 23.6 Å². The van der Waals surface area contributed by atoms with Crippen LogP contribution in [0.25, 0.3) is 0 Å². The van der Waals surface area contributed by atoms with Crippen LogP contribution in [0.1, 0.15) is 5.76 Å². The van der Waals surface area contributed by atoms with Crippen molar-refractivity contribution in [1.29, 1.82) is 0 Å². The predicted octanol–water partition coefficient (Wildman–Crippen LogP) is 0.273. The Morgan fingerprint density at radius 1 is 1.53 bits per heavy atom. The van der Waals surface area contributed by atoms with E-state index in [-0.39, 0.29) is 11.6 Å². The molecule has 0 amide bonds. The Hall–Kier alpha value is -1.80. The number of rotatable bonds is 4. The number of nitrogens with one attached hydrogen (secondary N) is 1. The van der Waals surface area contributed by atoms with E-state index in [0.29, 0.717) is 11.4 Å². The van der Waals surface area contributed by atoms with Crippen molar-refractivity contribution in [2.45, 2.75) is 11.6 Å². The Labute approximate surface area is 98.3 Å². The van der Waals surface area contributed by atoms with Gasteiger partial charge in [-0.3, -0.25) is 9.40 Å². The maximum Gasteiger partial charge on any atom is 0.295 e. The smallest absolute Gasteiger partial charge is 0.295 e. The van der Waals surface area contributed by atoms with Gasteiger partial charge in [-0.05, 0) is 12.1 Å². The molecule has 92 valence electrons. The Morgan fingerprint density at radius 3 is 2.82 bits per heavy atom. The van der Waals surface area contributed by atoms with Gasteiger partial charge >= 0.3 is 0 Å². The number of furan rings is 1. The van der Waals surface area contributed by atoms with E-state index in [1.165, 1.54) is 23.0 Å². The summed E-state index contributed by atoms with van der Waals surface area (Å²) in [5.74, 6) is 0.413. The maximum absolute atomic E-state index is 11.9. The molecule has 8 heteroatoms. The molecule has 0 aliphatic carbocycles. The molecule has 0 unspecified atom stereocenters. The van der Waals surface area contributed by atoms with Crippen LogP contribution in [0.5, 0.6) is 0 Å². The van der Waals surface area contributed by atoms with Crippen LogP contribution in [0.2, 0.25) is 0 Å². The highest BCUT2D eigenvalue weighted by molar-refractivity contribution is 7.92. The molecular weight excluding hydrogens is 244 g/mol. The van der Waals surface area contributed by atoms with Crippen molar-refractivity contribution < 1.29 is 12.8 Å². The van der Waals surface area contributed by atoms with E-state index in [2.05, 4.69) is 9.82 Å². The van der Waals surface area contributed by atoms with Crippen LogP contribution in [0.3, 0.4) is 0 Å². The summed E-state index contributed by atoms with van der Waals surface area (Å²) in [4.78, 5) is 0. The molecule has 0 saturated heterocycles. The molecule has 3 N–H and O–H groups in total. The lowest BCUT2D eigenvalue weighted by molar-refractivity contribution is 0.417. The lowest BCUT2D eigenvalue weighted by atomic mass is 10.5. The number of anilines is 1. The van der Waals surface area contributed by atoms with Gasteiger partial charge in [-0.2, -0.15) is 13.5 Å². The Morgan fingerprint density at radius 2 is 2.29 bits per heavy atom. The van der Waals surface area contributed by atoms with Crippen molar-refractivity contribution in [3.8, 4) is 0 Å². The molecule has 17 heavy (non-hydrogen) atoms. The van der Waals surface area contributed by atoms with Gasteiger partial charge in [0.1, 0.15) is 5.76 Å². The van der Waals surface area contributed by atoms with E-state index in [0.717, 1.165) is 0 Å². The summed E-state index contributed by atoms with van der Waals surface area (Å²) in [6.07, 6.45) is 2.95. The molecule has 0 aliphatic rings. The standard InChI is InChI=1S/C9H12N4O3S/c1-13-6-7(5-11-13)12-17(14,15)9-3-2-8(4-10)16-9/h2-3,5-6,12H,4,10H2,1H3. The summed E-state index contributed by atoms with van der Waals surface area (Å²) in [7, 11) is -2.02. The highest BCUT2D eigenvalue weighted by Crippen LogP contribution is 2.17. The zero-order chi connectivity index (χ0) is 12.5. The van der Waals surface area contributed by atoms with Gasteiger partial charge in [0.15, 0.2) is 0 Å².